The predicted octanol–water partition coefficient (Wildman–Crippen LogP) is 3.85. The topological polar surface area (TPSA) is 68.5 Å². The molecule has 0 saturated carbocycles. The molecule has 2 aromatic carbocycles. The van der Waals surface area contributed by atoms with E-state index in [4.69, 9.17) is 31.1 Å². The SMILES string of the molecule is COc1cccc(/C=C/C(=O)Oc2c(Cl)cc(C#N)cc2OC)c1. The quantitative estimate of drug-likeness (QED) is 0.468. The van der Waals surface area contributed by atoms with E-state index in [1.54, 1.807) is 25.3 Å². The highest BCUT2D eigenvalue weighted by molar-refractivity contribution is 6.32. The lowest BCUT2D eigenvalue weighted by Gasteiger charge is -2.10. The molecular weight excluding hydrogens is 330 g/mol. The molecule has 2 aromatic rings. The molecule has 0 saturated heterocycles. The van der Waals surface area contributed by atoms with Crippen molar-refractivity contribution < 1.29 is 19.0 Å². The summed E-state index contributed by atoms with van der Waals surface area (Å²) in [5.74, 6) is 0.339. The van der Waals surface area contributed by atoms with Crippen LogP contribution in [0.5, 0.6) is 17.2 Å². The second-order valence-electron chi connectivity index (χ2n) is 4.63. The minimum Gasteiger partial charge on any atom is -0.497 e. The summed E-state index contributed by atoms with van der Waals surface area (Å²) in [7, 11) is 2.96. The Morgan fingerprint density at radius 3 is 2.67 bits per heavy atom. The van der Waals surface area contributed by atoms with E-state index in [1.807, 2.05) is 18.2 Å². The summed E-state index contributed by atoms with van der Waals surface area (Å²) in [4.78, 5) is 12.0. The molecule has 2 rings (SSSR count). The fourth-order valence-corrected chi connectivity index (χ4v) is 2.18. The summed E-state index contributed by atoms with van der Waals surface area (Å²) in [5, 5.41) is 9.03. The van der Waals surface area contributed by atoms with E-state index in [9.17, 15) is 4.79 Å². The maximum atomic E-state index is 12.0. The highest BCUT2D eigenvalue weighted by atomic mass is 35.5. The maximum Gasteiger partial charge on any atom is 0.336 e. The van der Waals surface area contributed by atoms with Crippen LogP contribution in [-0.2, 0) is 4.79 Å². The van der Waals surface area contributed by atoms with Crippen LogP contribution in [-0.4, -0.2) is 20.2 Å². The van der Waals surface area contributed by atoms with E-state index in [1.165, 1.54) is 25.3 Å². The van der Waals surface area contributed by atoms with Crippen LogP contribution in [0.4, 0.5) is 0 Å². The third kappa shape index (κ3) is 4.28. The molecule has 0 aliphatic heterocycles. The van der Waals surface area contributed by atoms with Gasteiger partial charge in [0.1, 0.15) is 5.75 Å². The van der Waals surface area contributed by atoms with Crippen LogP contribution in [0.3, 0.4) is 0 Å². The predicted molar refractivity (Wildman–Crippen MR) is 90.4 cm³/mol. The van der Waals surface area contributed by atoms with Crippen molar-refractivity contribution in [3.8, 4) is 23.3 Å². The number of nitriles is 1. The molecule has 6 heteroatoms. The summed E-state index contributed by atoms with van der Waals surface area (Å²) < 4.78 is 15.4. The van der Waals surface area contributed by atoms with Gasteiger partial charge in [-0.1, -0.05) is 23.7 Å². The summed E-state index contributed by atoms with van der Waals surface area (Å²) >= 11 is 6.04. The molecule has 0 fully saturated rings. The average molecular weight is 344 g/mol. The van der Waals surface area contributed by atoms with Gasteiger partial charge in [0.15, 0.2) is 11.5 Å². The number of nitrogens with zero attached hydrogens (tertiary/aromatic N) is 1. The Bertz CT molecular complexity index is 824. The van der Waals surface area contributed by atoms with Crippen molar-refractivity contribution in [2.24, 2.45) is 0 Å². The fraction of sp³-hybridized carbons (Fsp3) is 0.111. The average Bonchev–Trinajstić information content (AvgIpc) is 2.61. The smallest absolute Gasteiger partial charge is 0.336 e. The minimum absolute atomic E-state index is 0.0680. The van der Waals surface area contributed by atoms with Crippen LogP contribution in [0.15, 0.2) is 42.5 Å². The molecule has 122 valence electrons. The number of halogens is 1. The normalized spacial score (nSPS) is 10.2. The largest absolute Gasteiger partial charge is 0.497 e. The molecular formula is C18H14ClNO4. The molecule has 0 radical (unpaired) electrons. The Hall–Kier alpha value is -2.97. The number of hydrogen-bond acceptors (Lipinski definition) is 5. The summed E-state index contributed by atoms with van der Waals surface area (Å²) in [6.07, 6.45) is 2.86. The summed E-state index contributed by atoms with van der Waals surface area (Å²) in [6.45, 7) is 0. The number of esters is 1. The van der Waals surface area contributed by atoms with Crippen molar-refractivity contribution in [1.82, 2.24) is 0 Å². The number of carbonyl (C=O) groups excluding carboxylic acids is 1. The Labute approximate surface area is 144 Å². The van der Waals surface area contributed by atoms with Crippen LogP contribution < -0.4 is 14.2 Å². The molecule has 0 aliphatic rings. The van der Waals surface area contributed by atoms with Gasteiger partial charge >= 0.3 is 5.97 Å². The van der Waals surface area contributed by atoms with Gasteiger partial charge in [-0.05, 0) is 29.8 Å². The van der Waals surface area contributed by atoms with E-state index in [0.717, 1.165) is 5.56 Å². The first kappa shape index (κ1) is 17.4. The monoisotopic (exact) mass is 343 g/mol. The van der Waals surface area contributed by atoms with Gasteiger partial charge in [-0.2, -0.15) is 5.26 Å². The van der Waals surface area contributed by atoms with Gasteiger partial charge in [0, 0.05) is 12.1 Å². The molecule has 5 nitrogen and oxygen atoms in total. The second-order valence-corrected chi connectivity index (χ2v) is 5.04. The van der Waals surface area contributed by atoms with Crippen molar-refractivity contribution in [2.75, 3.05) is 14.2 Å². The van der Waals surface area contributed by atoms with Crippen molar-refractivity contribution in [1.29, 1.82) is 5.26 Å². The van der Waals surface area contributed by atoms with E-state index in [2.05, 4.69) is 0 Å². The molecule has 0 heterocycles. The van der Waals surface area contributed by atoms with Gasteiger partial charge in [-0.3, -0.25) is 0 Å². The number of benzene rings is 2. The van der Waals surface area contributed by atoms with Crippen molar-refractivity contribution in [3.63, 3.8) is 0 Å². The molecule has 0 aliphatic carbocycles. The van der Waals surface area contributed by atoms with Crippen molar-refractivity contribution in [3.05, 3.63) is 58.6 Å². The van der Waals surface area contributed by atoms with E-state index in [0.29, 0.717) is 11.3 Å². The minimum atomic E-state index is -0.622. The van der Waals surface area contributed by atoms with Crippen molar-refractivity contribution >= 4 is 23.6 Å². The van der Waals surface area contributed by atoms with Crippen LogP contribution in [0.25, 0.3) is 6.08 Å². The lowest BCUT2D eigenvalue weighted by atomic mass is 10.2. The molecule has 0 bridgehead atoms. The Morgan fingerprint density at radius 1 is 1.21 bits per heavy atom. The summed E-state index contributed by atoms with van der Waals surface area (Å²) in [5.41, 5.74) is 1.09. The van der Waals surface area contributed by atoms with Gasteiger partial charge in [0.05, 0.1) is 30.9 Å². The molecule has 24 heavy (non-hydrogen) atoms. The highest BCUT2D eigenvalue weighted by Gasteiger charge is 2.14. The number of carbonyl (C=O) groups is 1. The number of methoxy groups -OCH3 is 2. The molecule has 0 atom stereocenters. The van der Waals surface area contributed by atoms with Gasteiger partial charge in [0.2, 0.25) is 0 Å². The zero-order chi connectivity index (χ0) is 17.5. The third-order valence-electron chi connectivity index (χ3n) is 3.07. The molecule has 0 amide bonds. The molecule has 0 spiro atoms. The first-order valence-electron chi connectivity index (χ1n) is 6.89. The molecule has 0 N–H and O–H groups in total. The van der Waals surface area contributed by atoms with E-state index >= 15 is 0 Å². The lowest BCUT2D eigenvalue weighted by Crippen LogP contribution is -2.06. The first-order valence-corrected chi connectivity index (χ1v) is 7.26. The second kappa shape index (κ2) is 8.04. The van der Waals surface area contributed by atoms with E-state index < -0.39 is 5.97 Å². The standard InChI is InChI=1S/C18H14ClNO4/c1-22-14-5-3-4-12(8-14)6-7-17(21)24-18-15(19)9-13(11-20)10-16(18)23-2/h3-10H,1-2H3/b7-6+. The van der Waals surface area contributed by atoms with Crippen LogP contribution >= 0.6 is 11.6 Å². The van der Waals surface area contributed by atoms with E-state index in [-0.39, 0.29) is 16.5 Å². The van der Waals surface area contributed by atoms with Gasteiger partial charge < -0.3 is 14.2 Å². The first-order chi connectivity index (χ1) is 11.6. The van der Waals surface area contributed by atoms with Crippen molar-refractivity contribution in [2.45, 2.75) is 0 Å². The van der Waals surface area contributed by atoms with Gasteiger partial charge in [-0.25, -0.2) is 4.79 Å². The molecule has 0 unspecified atom stereocenters. The fourth-order valence-electron chi connectivity index (χ4n) is 1.93. The lowest BCUT2D eigenvalue weighted by molar-refractivity contribution is -0.129. The Kier molecular flexibility index (Phi) is 5.83. The number of hydrogen-bond donors (Lipinski definition) is 0. The zero-order valence-corrected chi connectivity index (χ0v) is 13.8. The van der Waals surface area contributed by atoms with Crippen LogP contribution in [0.2, 0.25) is 5.02 Å². The summed E-state index contributed by atoms with van der Waals surface area (Å²) in [6, 6.07) is 12.0. The van der Waals surface area contributed by atoms with Gasteiger partial charge in [0.25, 0.3) is 0 Å². The van der Waals surface area contributed by atoms with Crippen LogP contribution in [0, 0.1) is 11.3 Å². The number of rotatable bonds is 5. The van der Waals surface area contributed by atoms with Gasteiger partial charge in [-0.15, -0.1) is 0 Å². The third-order valence-corrected chi connectivity index (χ3v) is 3.35. The van der Waals surface area contributed by atoms with Crippen LogP contribution in [0.1, 0.15) is 11.1 Å². The Balaban J connectivity index is 2.18. The maximum absolute atomic E-state index is 12.0. The highest BCUT2D eigenvalue weighted by Crippen LogP contribution is 2.36. The zero-order valence-electron chi connectivity index (χ0n) is 13.1. The number of ether oxygens (including phenoxy) is 3. The molecule has 0 aromatic heterocycles. The Morgan fingerprint density at radius 2 is 2.00 bits per heavy atom.